The Bertz CT molecular complexity index is 546. The highest BCUT2D eigenvalue weighted by molar-refractivity contribution is 5.24. The third-order valence-electron chi connectivity index (χ3n) is 3.12. The van der Waals surface area contributed by atoms with Crippen LogP contribution in [0.25, 0.3) is 0 Å². The third kappa shape index (κ3) is 3.38. The van der Waals surface area contributed by atoms with Crippen molar-refractivity contribution in [2.45, 2.75) is 25.9 Å². The zero-order valence-corrected chi connectivity index (χ0v) is 10.7. The number of benzene rings is 2. The monoisotopic (exact) mass is 262 g/mol. The molecule has 0 heterocycles. The standard InChI is InChI=1S/C16H16F2O/c1-11-4-2-5-12(10-11)8-9-15(19)16-13(17)6-3-7-14(16)18/h2-7,10,15,19H,8-9H2,1H3. The molecule has 0 aliphatic heterocycles. The quantitative estimate of drug-likeness (QED) is 0.884. The molecule has 100 valence electrons. The van der Waals surface area contributed by atoms with Gasteiger partial charge in [-0.15, -0.1) is 0 Å². The molecule has 3 heteroatoms. The van der Waals surface area contributed by atoms with Gasteiger partial charge in [0.25, 0.3) is 0 Å². The van der Waals surface area contributed by atoms with Crippen LogP contribution < -0.4 is 0 Å². The van der Waals surface area contributed by atoms with E-state index in [1.54, 1.807) is 0 Å². The maximum absolute atomic E-state index is 13.5. The second-order valence-electron chi connectivity index (χ2n) is 4.68. The molecule has 0 fully saturated rings. The predicted octanol–water partition coefficient (Wildman–Crippen LogP) is 3.94. The Morgan fingerprint density at radius 3 is 2.32 bits per heavy atom. The minimum absolute atomic E-state index is 0.241. The maximum Gasteiger partial charge on any atom is 0.131 e. The largest absolute Gasteiger partial charge is 0.388 e. The lowest BCUT2D eigenvalue weighted by Gasteiger charge is -2.13. The summed E-state index contributed by atoms with van der Waals surface area (Å²) in [6.07, 6.45) is -0.250. The molecule has 0 aliphatic rings. The van der Waals surface area contributed by atoms with E-state index >= 15 is 0 Å². The van der Waals surface area contributed by atoms with Gasteiger partial charge in [-0.3, -0.25) is 0 Å². The first-order valence-corrected chi connectivity index (χ1v) is 6.25. The maximum atomic E-state index is 13.5. The van der Waals surface area contributed by atoms with Gasteiger partial charge in [0.2, 0.25) is 0 Å². The summed E-state index contributed by atoms with van der Waals surface area (Å²) < 4.78 is 27.0. The zero-order valence-electron chi connectivity index (χ0n) is 10.7. The summed E-state index contributed by atoms with van der Waals surface area (Å²) >= 11 is 0. The molecule has 2 aromatic rings. The van der Waals surface area contributed by atoms with Gasteiger partial charge in [0, 0.05) is 0 Å². The minimum atomic E-state index is -1.12. The van der Waals surface area contributed by atoms with E-state index in [0.29, 0.717) is 12.8 Å². The molecule has 0 saturated carbocycles. The van der Waals surface area contributed by atoms with E-state index in [1.807, 2.05) is 31.2 Å². The number of rotatable bonds is 4. The van der Waals surface area contributed by atoms with Crippen molar-refractivity contribution in [2.75, 3.05) is 0 Å². The minimum Gasteiger partial charge on any atom is -0.388 e. The van der Waals surface area contributed by atoms with Crippen molar-refractivity contribution in [1.29, 1.82) is 0 Å². The number of aliphatic hydroxyl groups excluding tert-OH is 1. The molecule has 1 N–H and O–H groups in total. The van der Waals surface area contributed by atoms with Crippen LogP contribution in [-0.2, 0) is 6.42 Å². The van der Waals surface area contributed by atoms with E-state index in [1.165, 1.54) is 6.07 Å². The van der Waals surface area contributed by atoms with Crippen molar-refractivity contribution in [3.05, 3.63) is 70.8 Å². The molecule has 2 aromatic carbocycles. The lowest BCUT2D eigenvalue weighted by atomic mass is 9.99. The summed E-state index contributed by atoms with van der Waals surface area (Å²) in [4.78, 5) is 0. The second kappa shape index (κ2) is 5.93. The Kier molecular flexibility index (Phi) is 4.27. The lowest BCUT2D eigenvalue weighted by molar-refractivity contribution is 0.158. The van der Waals surface area contributed by atoms with Crippen molar-refractivity contribution in [1.82, 2.24) is 0 Å². The Labute approximate surface area is 111 Å². The van der Waals surface area contributed by atoms with Crippen LogP contribution in [-0.4, -0.2) is 5.11 Å². The van der Waals surface area contributed by atoms with Gasteiger partial charge in [-0.25, -0.2) is 8.78 Å². The van der Waals surface area contributed by atoms with Crippen LogP contribution in [0.3, 0.4) is 0 Å². The molecule has 0 radical (unpaired) electrons. The molecule has 19 heavy (non-hydrogen) atoms. The topological polar surface area (TPSA) is 20.2 Å². The van der Waals surface area contributed by atoms with Gasteiger partial charge in [-0.1, -0.05) is 35.9 Å². The number of halogens is 2. The average molecular weight is 262 g/mol. The summed E-state index contributed by atoms with van der Waals surface area (Å²) in [7, 11) is 0. The van der Waals surface area contributed by atoms with E-state index in [9.17, 15) is 13.9 Å². The van der Waals surface area contributed by atoms with Gasteiger partial charge in [-0.2, -0.15) is 0 Å². The van der Waals surface area contributed by atoms with Crippen LogP contribution >= 0.6 is 0 Å². The zero-order chi connectivity index (χ0) is 13.8. The predicted molar refractivity (Wildman–Crippen MR) is 70.8 cm³/mol. The fraction of sp³-hybridized carbons (Fsp3) is 0.250. The van der Waals surface area contributed by atoms with Crippen LogP contribution in [0.1, 0.15) is 29.2 Å². The molecule has 1 atom stereocenters. The molecule has 1 nitrogen and oxygen atoms in total. The summed E-state index contributed by atoms with van der Waals surface area (Å²) in [5.41, 5.74) is 1.94. The first-order chi connectivity index (χ1) is 9.08. The van der Waals surface area contributed by atoms with Crippen molar-refractivity contribution in [3.63, 3.8) is 0 Å². The molecule has 0 aromatic heterocycles. The Morgan fingerprint density at radius 1 is 1.05 bits per heavy atom. The highest BCUT2D eigenvalue weighted by atomic mass is 19.1. The second-order valence-corrected chi connectivity index (χ2v) is 4.68. The molecule has 2 rings (SSSR count). The number of hydrogen-bond donors (Lipinski definition) is 1. The Hall–Kier alpha value is -1.74. The van der Waals surface area contributed by atoms with Gasteiger partial charge in [0.1, 0.15) is 11.6 Å². The summed E-state index contributed by atoms with van der Waals surface area (Å²) in [5.74, 6) is -1.39. The van der Waals surface area contributed by atoms with Gasteiger partial charge >= 0.3 is 0 Å². The highest BCUT2D eigenvalue weighted by Crippen LogP contribution is 2.24. The average Bonchev–Trinajstić information content (AvgIpc) is 2.36. The van der Waals surface area contributed by atoms with Gasteiger partial charge in [-0.05, 0) is 37.5 Å². The summed E-state index contributed by atoms with van der Waals surface area (Å²) in [6.45, 7) is 1.98. The smallest absolute Gasteiger partial charge is 0.131 e. The summed E-state index contributed by atoms with van der Waals surface area (Å²) in [5, 5.41) is 9.93. The SMILES string of the molecule is Cc1cccc(CCC(O)c2c(F)cccc2F)c1. The van der Waals surface area contributed by atoms with E-state index in [2.05, 4.69) is 0 Å². The molecule has 1 unspecified atom stereocenters. The number of aliphatic hydroxyl groups is 1. The highest BCUT2D eigenvalue weighted by Gasteiger charge is 2.17. The molecular formula is C16H16F2O. The molecule has 0 bridgehead atoms. The Balaban J connectivity index is 2.07. The lowest BCUT2D eigenvalue weighted by Crippen LogP contribution is -2.05. The normalized spacial score (nSPS) is 12.4. The molecular weight excluding hydrogens is 246 g/mol. The van der Waals surface area contributed by atoms with Crippen molar-refractivity contribution in [2.24, 2.45) is 0 Å². The van der Waals surface area contributed by atoms with E-state index in [0.717, 1.165) is 23.3 Å². The third-order valence-corrected chi connectivity index (χ3v) is 3.12. The van der Waals surface area contributed by atoms with E-state index in [-0.39, 0.29) is 5.56 Å². The fourth-order valence-corrected chi connectivity index (χ4v) is 2.14. The van der Waals surface area contributed by atoms with Crippen molar-refractivity contribution >= 4 is 0 Å². The first-order valence-electron chi connectivity index (χ1n) is 6.25. The molecule has 0 amide bonds. The summed E-state index contributed by atoms with van der Waals surface area (Å²) in [6, 6.07) is 11.5. The van der Waals surface area contributed by atoms with E-state index < -0.39 is 17.7 Å². The van der Waals surface area contributed by atoms with Crippen molar-refractivity contribution in [3.8, 4) is 0 Å². The van der Waals surface area contributed by atoms with Gasteiger partial charge in [0.15, 0.2) is 0 Å². The molecule has 0 saturated heterocycles. The molecule has 0 aliphatic carbocycles. The van der Waals surface area contributed by atoms with Crippen LogP contribution in [0.2, 0.25) is 0 Å². The van der Waals surface area contributed by atoms with E-state index in [4.69, 9.17) is 0 Å². The van der Waals surface area contributed by atoms with Gasteiger partial charge in [0.05, 0.1) is 11.7 Å². The molecule has 0 spiro atoms. The van der Waals surface area contributed by atoms with Crippen LogP contribution in [0.15, 0.2) is 42.5 Å². The fourth-order valence-electron chi connectivity index (χ4n) is 2.14. The van der Waals surface area contributed by atoms with Crippen LogP contribution in [0.4, 0.5) is 8.78 Å². The number of aryl methyl sites for hydroxylation is 2. The van der Waals surface area contributed by atoms with Crippen LogP contribution in [0, 0.1) is 18.6 Å². The number of hydrogen-bond acceptors (Lipinski definition) is 1. The van der Waals surface area contributed by atoms with Gasteiger partial charge < -0.3 is 5.11 Å². The van der Waals surface area contributed by atoms with Crippen molar-refractivity contribution < 1.29 is 13.9 Å². The van der Waals surface area contributed by atoms with Crippen LogP contribution in [0.5, 0.6) is 0 Å². The first kappa shape index (κ1) is 13.7. The Morgan fingerprint density at radius 2 is 1.68 bits per heavy atom.